The van der Waals surface area contributed by atoms with Gasteiger partial charge < -0.3 is 51.0 Å². The number of rotatable bonds is 21. The van der Waals surface area contributed by atoms with Crippen LogP contribution in [0, 0.1) is 0 Å². The molecule has 0 fully saturated rings. The summed E-state index contributed by atoms with van der Waals surface area (Å²) in [6, 6.07) is 22.3. The number of aromatic nitrogens is 3. The molecule has 1 heterocycles. The van der Waals surface area contributed by atoms with E-state index in [0.29, 0.717) is 81.1 Å². The molecular weight excluding hydrogens is 620 g/mol. The van der Waals surface area contributed by atoms with Gasteiger partial charge in [0.25, 0.3) is 11.8 Å². The number of phenols is 1. The molecule has 0 radical (unpaired) electrons. The van der Waals surface area contributed by atoms with Crippen LogP contribution in [0.3, 0.4) is 0 Å². The molecule has 0 spiro atoms. The van der Waals surface area contributed by atoms with Crippen LogP contribution in [-0.4, -0.2) is 103 Å². The van der Waals surface area contributed by atoms with Gasteiger partial charge in [-0.05, 0) is 60.7 Å². The van der Waals surface area contributed by atoms with Gasteiger partial charge in [0.1, 0.15) is 5.75 Å². The Morgan fingerprint density at radius 1 is 0.562 bits per heavy atom. The first kappa shape index (κ1) is 35.5. The van der Waals surface area contributed by atoms with Crippen LogP contribution in [-0.2, 0) is 14.2 Å². The molecule has 48 heavy (non-hydrogen) atoms. The predicted molar refractivity (Wildman–Crippen MR) is 180 cm³/mol. The van der Waals surface area contributed by atoms with Gasteiger partial charge >= 0.3 is 0 Å². The van der Waals surface area contributed by atoms with Crippen LogP contribution in [0.4, 0.5) is 29.2 Å². The van der Waals surface area contributed by atoms with E-state index >= 15 is 0 Å². The Bertz CT molecular complexity index is 1540. The molecule has 1 aromatic heterocycles. The first-order chi connectivity index (χ1) is 23.5. The molecule has 0 bridgehead atoms. The van der Waals surface area contributed by atoms with E-state index in [9.17, 15) is 14.7 Å². The first-order valence-electron chi connectivity index (χ1n) is 15.4. The minimum Gasteiger partial charge on any atom is -0.508 e. The molecule has 0 saturated carbocycles. The van der Waals surface area contributed by atoms with E-state index in [-0.39, 0.29) is 42.7 Å². The summed E-state index contributed by atoms with van der Waals surface area (Å²) in [5.74, 6) is 0.544. The topological polar surface area (TPSA) is 201 Å². The third-order valence-corrected chi connectivity index (χ3v) is 6.40. The highest BCUT2D eigenvalue weighted by Crippen LogP contribution is 2.20. The highest BCUT2D eigenvalue weighted by atomic mass is 16.5. The van der Waals surface area contributed by atoms with Gasteiger partial charge in [-0.1, -0.05) is 18.2 Å². The maximum absolute atomic E-state index is 12.4. The Morgan fingerprint density at radius 3 is 1.60 bits per heavy atom. The van der Waals surface area contributed by atoms with Crippen molar-refractivity contribution in [3.63, 3.8) is 0 Å². The molecule has 0 aliphatic carbocycles. The van der Waals surface area contributed by atoms with Crippen LogP contribution >= 0.6 is 0 Å². The van der Waals surface area contributed by atoms with E-state index < -0.39 is 0 Å². The lowest BCUT2D eigenvalue weighted by molar-refractivity contribution is 0.0519. The van der Waals surface area contributed by atoms with Crippen molar-refractivity contribution in [2.45, 2.75) is 0 Å². The summed E-state index contributed by atoms with van der Waals surface area (Å²) in [4.78, 5) is 37.8. The standard InChI is InChI=1S/C33H40N8O7/c42-17-21-46-18-14-35-30(45)25-6-8-26(9-7-25)37-32-39-31(40-33(41-32)38-27-10-12-28(43)13-11-27)36-16-20-48-23-22-47-19-15-34-29(44)24-4-2-1-3-5-24/h1-13,42-43H,14-23H2,(H,34,44)(H,35,45)(H3,36,37,38,39,40,41). The van der Waals surface area contributed by atoms with Gasteiger partial charge in [0.05, 0.1) is 46.2 Å². The van der Waals surface area contributed by atoms with Crippen LogP contribution in [0.15, 0.2) is 78.9 Å². The second-order valence-corrected chi connectivity index (χ2v) is 10.0. The number of nitrogens with one attached hydrogen (secondary N) is 5. The Morgan fingerprint density at radius 2 is 1.04 bits per heavy atom. The number of phenolic OH excluding ortho intramolecular Hbond substituents is 1. The second-order valence-electron chi connectivity index (χ2n) is 10.0. The number of amides is 2. The molecule has 3 aromatic carbocycles. The van der Waals surface area contributed by atoms with E-state index in [0.717, 1.165) is 0 Å². The summed E-state index contributed by atoms with van der Waals surface area (Å²) in [5.41, 5.74) is 2.38. The van der Waals surface area contributed by atoms with Crippen molar-refractivity contribution in [2.24, 2.45) is 0 Å². The number of aromatic hydroxyl groups is 1. The van der Waals surface area contributed by atoms with E-state index in [2.05, 4.69) is 41.5 Å². The summed E-state index contributed by atoms with van der Waals surface area (Å²) >= 11 is 0. The Labute approximate surface area is 278 Å². The van der Waals surface area contributed by atoms with E-state index in [1.165, 1.54) is 0 Å². The summed E-state index contributed by atoms with van der Waals surface area (Å²) in [5, 5.41) is 33.3. The van der Waals surface area contributed by atoms with Gasteiger partial charge in [0.15, 0.2) is 0 Å². The molecule has 4 rings (SSSR count). The molecule has 0 aliphatic heterocycles. The third kappa shape index (κ3) is 12.8. The van der Waals surface area contributed by atoms with Crippen molar-refractivity contribution >= 4 is 41.0 Å². The molecular formula is C33H40N8O7. The predicted octanol–water partition coefficient (Wildman–Crippen LogP) is 2.68. The second kappa shape index (κ2) is 20.0. The number of hydrogen-bond donors (Lipinski definition) is 7. The lowest BCUT2D eigenvalue weighted by Gasteiger charge is -2.12. The zero-order chi connectivity index (χ0) is 33.8. The number of aliphatic hydroxyl groups excluding tert-OH is 1. The highest BCUT2D eigenvalue weighted by Gasteiger charge is 2.10. The van der Waals surface area contributed by atoms with Gasteiger partial charge in [-0.15, -0.1) is 0 Å². The van der Waals surface area contributed by atoms with Crippen molar-refractivity contribution in [2.75, 3.05) is 81.8 Å². The van der Waals surface area contributed by atoms with E-state index in [1.807, 2.05) is 18.2 Å². The molecule has 4 aromatic rings. The maximum atomic E-state index is 12.4. The lowest BCUT2D eigenvalue weighted by atomic mass is 10.2. The van der Waals surface area contributed by atoms with Gasteiger partial charge in [0.2, 0.25) is 17.8 Å². The van der Waals surface area contributed by atoms with Gasteiger partial charge in [-0.2, -0.15) is 15.0 Å². The van der Waals surface area contributed by atoms with Crippen LogP contribution in [0.2, 0.25) is 0 Å². The maximum Gasteiger partial charge on any atom is 0.251 e. The normalized spacial score (nSPS) is 10.7. The number of aliphatic hydroxyl groups is 1. The zero-order valence-corrected chi connectivity index (χ0v) is 26.4. The minimum absolute atomic E-state index is 0.0684. The molecule has 15 heteroatoms. The fourth-order valence-corrected chi connectivity index (χ4v) is 4.07. The quantitative estimate of drug-likeness (QED) is 0.0509. The number of hydrogen-bond acceptors (Lipinski definition) is 13. The number of carbonyl (C=O) groups excluding carboxylic acids is 2. The van der Waals surface area contributed by atoms with E-state index in [1.54, 1.807) is 60.7 Å². The molecule has 2 amide bonds. The van der Waals surface area contributed by atoms with Crippen molar-refractivity contribution in [3.05, 3.63) is 90.0 Å². The Hall–Kier alpha value is -5.35. The first-order valence-corrected chi connectivity index (χ1v) is 15.4. The molecule has 0 aliphatic rings. The number of nitrogens with zero attached hydrogens (tertiary/aromatic N) is 3. The SMILES string of the molecule is O=C(NCCOCCO)c1ccc(Nc2nc(NCCOCCOCCNC(=O)c3ccccc3)nc(Nc3ccc(O)cc3)n2)cc1. The van der Waals surface area contributed by atoms with Crippen molar-refractivity contribution in [1.29, 1.82) is 0 Å². The van der Waals surface area contributed by atoms with Gasteiger partial charge in [0, 0.05) is 42.1 Å². The van der Waals surface area contributed by atoms with Gasteiger partial charge in [-0.3, -0.25) is 9.59 Å². The van der Waals surface area contributed by atoms with Crippen LogP contribution in [0.25, 0.3) is 0 Å². The molecule has 254 valence electrons. The zero-order valence-electron chi connectivity index (χ0n) is 26.4. The number of benzene rings is 3. The van der Waals surface area contributed by atoms with Crippen molar-refractivity contribution in [1.82, 2.24) is 25.6 Å². The number of carbonyl (C=O) groups is 2. The summed E-state index contributed by atoms with van der Waals surface area (Å²) < 4.78 is 16.3. The number of ether oxygens (including phenoxy) is 3. The van der Waals surface area contributed by atoms with Crippen LogP contribution in [0.5, 0.6) is 5.75 Å². The summed E-state index contributed by atoms with van der Waals surface area (Å²) in [7, 11) is 0. The summed E-state index contributed by atoms with van der Waals surface area (Å²) in [6.45, 7) is 3.07. The van der Waals surface area contributed by atoms with Crippen LogP contribution in [0.1, 0.15) is 20.7 Å². The lowest BCUT2D eigenvalue weighted by Crippen LogP contribution is -2.27. The summed E-state index contributed by atoms with van der Waals surface area (Å²) in [6.07, 6.45) is 0. The Balaban J connectivity index is 1.23. The van der Waals surface area contributed by atoms with Gasteiger partial charge in [-0.25, -0.2) is 0 Å². The van der Waals surface area contributed by atoms with Crippen molar-refractivity contribution in [3.8, 4) is 5.75 Å². The highest BCUT2D eigenvalue weighted by molar-refractivity contribution is 5.94. The average Bonchev–Trinajstić information content (AvgIpc) is 3.10. The minimum atomic E-state index is -0.248. The van der Waals surface area contributed by atoms with Crippen LogP contribution < -0.4 is 26.6 Å². The number of anilines is 5. The monoisotopic (exact) mass is 660 g/mol. The fraction of sp³-hybridized carbons (Fsp3) is 0.303. The molecule has 15 nitrogen and oxygen atoms in total. The smallest absolute Gasteiger partial charge is 0.251 e. The molecule has 7 N–H and O–H groups in total. The third-order valence-electron chi connectivity index (χ3n) is 6.40. The van der Waals surface area contributed by atoms with Crippen molar-refractivity contribution < 1.29 is 34.0 Å². The average molecular weight is 661 g/mol. The fourth-order valence-electron chi connectivity index (χ4n) is 4.07. The molecule has 0 atom stereocenters. The Kier molecular flexibility index (Phi) is 14.8. The molecule has 0 unspecified atom stereocenters. The van der Waals surface area contributed by atoms with E-state index in [4.69, 9.17) is 19.3 Å². The largest absolute Gasteiger partial charge is 0.508 e. The molecule has 0 saturated heterocycles.